The molecule has 2 amide bonds. The molecule has 0 heterocycles. The number of carbonyl (C=O) groups is 3. The Bertz CT molecular complexity index is 630. The summed E-state index contributed by atoms with van der Waals surface area (Å²) < 4.78 is 19.5. The van der Waals surface area contributed by atoms with E-state index >= 15 is 0 Å². The molecule has 0 unspecified atom stereocenters. The lowest BCUT2D eigenvalue weighted by molar-refractivity contribution is -0.116. The van der Waals surface area contributed by atoms with E-state index in [4.69, 9.17) is 14.2 Å². The van der Waals surface area contributed by atoms with Gasteiger partial charge in [-0.15, -0.1) is 0 Å². The van der Waals surface area contributed by atoms with E-state index in [1.54, 1.807) is 0 Å². The maximum absolute atomic E-state index is 12.1. The molecule has 1 aromatic rings. The summed E-state index contributed by atoms with van der Waals surface area (Å²) >= 11 is 0. The standard InChI is InChI=1S/C15H20N2O7/c1-17(15(20)24-5)8-13(18)16-10-7-12(22-3)11(21-2)6-9(10)14(19)23-4/h6-7H,8H2,1-5H3,(H,16,18). The van der Waals surface area contributed by atoms with Crippen molar-refractivity contribution in [3.8, 4) is 11.5 Å². The van der Waals surface area contributed by atoms with Crippen molar-refractivity contribution in [3.63, 3.8) is 0 Å². The molecule has 9 nitrogen and oxygen atoms in total. The van der Waals surface area contributed by atoms with Gasteiger partial charge in [-0.3, -0.25) is 4.79 Å². The van der Waals surface area contributed by atoms with Crippen molar-refractivity contribution < 1.29 is 33.3 Å². The van der Waals surface area contributed by atoms with E-state index in [0.717, 1.165) is 4.90 Å². The SMILES string of the molecule is COC(=O)c1cc(OC)c(OC)cc1NC(=O)CN(C)C(=O)OC. The summed E-state index contributed by atoms with van der Waals surface area (Å²) in [7, 11) is 6.67. The number of benzene rings is 1. The lowest BCUT2D eigenvalue weighted by Gasteiger charge is -2.17. The zero-order chi connectivity index (χ0) is 18.3. The molecule has 0 aliphatic carbocycles. The molecule has 9 heteroatoms. The smallest absolute Gasteiger partial charge is 0.409 e. The number of methoxy groups -OCH3 is 4. The third-order valence-corrected chi connectivity index (χ3v) is 3.07. The first kappa shape index (κ1) is 19.1. The van der Waals surface area contributed by atoms with Crippen LogP contribution in [0.1, 0.15) is 10.4 Å². The molecule has 0 aliphatic rings. The molecule has 0 bridgehead atoms. The number of amides is 2. The van der Waals surface area contributed by atoms with Crippen LogP contribution in [-0.2, 0) is 14.3 Å². The van der Waals surface area contributed by atoms with Crippen LogP contribution >= 0.6 is 0 Å². The Morgan fingerprint density at radius 3 is 2.08 bits per heavy atom. The molecule has 0 radical (unpaired) electrons. The minimum atomic E-state index is -0.661. The molecule has 132 valence electrons. The first-order valence-corrected chi connectivity index (χ1v) is 6.81. The van der Waals surface area contributed by atoms with Crippen LogP contribution < -0.4 is 14.8 Å². The number of ether oxygens (including phenoxy) is 4. The Labute approximate surface area is 139 Å². The minimum Gasteiger partial charge on any atom is -0.493 e. The third kappa shape index (κ3) is 4.51. The third-order valence-electron chi connectivity index (χ3n) is 3.07. The first-order chi connectivity index (χ1) is 11.4. The van der Waals surface area contributed by atoms with Gasteiger partial charge in [-0.1, -0.05) is 0 Å². The second-order valence-electron chi connectivity index (χ2n) is 4.62. The number of carbonyl (C=O) groups excluding carboxylic acids is 3. The van der Waals surface area contributed by atoms with Crippen molar-refractivity contribution in [1.82, 2.24) is 4.90 Å². The highest BCUT2D eigenvalue weighted by atomic mass is 16.5. The van der Waals surface area contributed by atoms with Gasteiger partial charge in [-0.05, 0) is 0 Å². The second kappa shape index (κ2) is 8.61. The number of likely N-dealkylation sites (N-methyl/N-ethyl adjacent to an activating group) is 1. The Hall–Kier alpha value is -2.97. The predicted octanol–water partition coefficient (Wildman–Crippen LogP) is 1.13. The van der Waals surface area contributed by atoms with E-state index in [-0.39, 0.29) is 17.8 Å². The molecule has 1 N–H and O–H groups in total. The highest BCUT2D eigenvalue weighted by Gasteiger charge is 2.20. The fraction of sp³-hybridized carbons (Fsp3) is 0.400. The number of hydrogen-bond donors (Lipinski definition) is 1. The van der Waals surface area contributed by atoms with Crippen molar-refractivity contribution in [1.29, 1.82) is 0 Å². The molecule has 1 rings (SSSR count). The Kier molecular flexibility index (Phi) is 6.84. The highest BCUT2D eigenvalue weighted by molar-refractivity contribution is 6.03. The average molecular weight is 340 g/mol. The van der Waals surface area contributed by atoms with E-state index in [0.29, 0.717) is 11.5 Å². The summed E-state index contributed by atoms with van der Waals surface area (Å²) in [5.41, 5.74) is 0.256. The van der Waals surface area contributed by atoms with Crippen LogP contribution in [0.2, 0.25) is 0 Å². The zero-order valence-corrected chi connectivity index (χ0v) is 14.2. The molecule has 0 aliphatic heterocycles. The summed E-state index contributed by atoms with van der Waals surface area (Å²) in [6.45, 7) is -0.262. The Morgan fingerprint density at radius 2 is 1.58 bits per heavy atom. The molecule has 0 aromatic heterocycles. The maximum Gasteiger partial charge on any atom is 0.409 e. The van der Waals surface area contributed by atoms with Gasteiger partial charge in [-0.2, -0.15) is 0 Å². The fourth-order valence-corrected chi connectivity index (χ4v) is 1.89. The molecule has 0 spiro atoms. The van der Waals surface area contributed by atoms with Crippen molar-refractivity contribution >= 4 is 23.7 Å². The van der Waals surface area contributed by atoms with E-state index in [2.05, 4.69) is 10.1 Å². The topological polar surface area (TPSA) is 103 Å². The van der Waals surface area contributed by atoms with Gasteiger partial charge in [0.25, 0.3) is 0 Å². The van der Waals surface area contributed by atoms with E-state index in [1.165, 1.54) is 47.6 Å². The van der Waals surface area contributed by atoms with E-state index < -0.39 is 18.0 Å². The number of esters is 1. The quantitative estimate of drug-likeness (QED) is 0.774. The number of nitrogens with zero attached hydrogens (tertiary/aromatic N) is 1. The van der Waals surface area contributed by atoms with Crippen molar-refractivity contribution in [3.05, 3.63) is 17.7 Å². The molecule has 1 aromatic carbocycles. The van der Waals surface area contributed by atoms with Crippen LogP contribution in [0.5, 0.6) is 11.5 Å². The molecular weight excluding hydrogens is 320 g/mol. The molecule has 0 saturated carbocycles. The second-order valence-corrected chi connectivity index (χ2v) is 4.62. The highest BCUT2D eigenvalue weighted by Crippen LogP contribution is 2.33. The molecule has 0 fully saturated rings. The molecule has 24 heavy (non-hydrogen) atoms. The van der Waals surface area contributed by atoms with Gasteiger partial charge < -0.3 is 29.2 Å². The summed E-state index contributed by atoms with van der Waals surface area (Å²) in [4.78, 5) is 36.4. The molecule has 0 saturated heterocycles. The van der Waals surface area contributed by atoms with Crippen LogP contribution in [-0.4, -0.2) is 64.9 Å². The lowest BCUT2D eigenvalue weighted by atomic mass is 10.1. The maximum atomic E-state index is 12.1. The number of hydrogen-bond acceptors (Lipinski definition) is 7. The number of rotatable bonds is 6. The largest absolute Gasteiger partial charge is 0.493 e. The predicted molar refractivity (Wildman–Crippen MR) is 84.6 cm³/mol. The van der Waals surface area contributed by atoms with Crippen LogP contribution in [0, 0.1) is 0 Å². The summed E-state index contributed by atoms with van der Waals surface area (Å²) in [6, 6.07) is 2.82. The van der Waals surface area contributed by atoms with Gasteiger partial charge in [0.1, 0.15) is 6.54 Å². The number of nitrogens with one attached hydrogen (secondary N) is 1. The normalized spacial score (nSPS) is 9.71. The minimum absolute atomic E-state index is 0.0872. The van der Waals surface area contributed by atoms with E-state index in [1.807, 2.05) is 0 Å². The monoisotopic (exact) mass is 340 g/mol. The van der Waals surface area contributed by atoms with Crippen LogP contribution in [0.3, 0.4) is 0 Å². The first-order valence-electron chi connectivity index (χ1n) is 6.81. The summed E-state index contributed by atoms with van der Waals surface area (Å²) in [5, 5.41) is 2.54. The Balaban J connectivity index is 3.10. The Morgan fingerprint density at radius 1 is 1.00 bits per heavy atom. The lowest BCUT2D eigenvalue weighted by Crippen LogP contribution is -2.35. The van der Waals surface area contributed by atoms with Crippen molar-refractivity contribution in [2.24, 2.45) is 0 Å². The van der Waals surface area contributed by atoms with Gasteiger partial charge in [0.15, 0.2) is 11.5 Å². The van der Waals surface area contributed by atoms with Gasteiger partial charge in [0.05, 0.1) is 39.7 Å². The van der Waals surface area contributed by atoms with Gasteiger partial charge >= 0.3 is 12.1 Å². The van der Waals surface area contributed by atoms with Crippen molar-refractivity contribution in [2.45, 2.75) is 0 Å². The van der Waals surface area contributed by atoms with Gasteiger partial charge in [0.2, 0.25) is 5.91 Å². The molecular formula is C15H20N2O7. The van der Waals surface area contributed by atoms with E-state index in [9.17, 15) is 14.4 Å². The summed E-state index contributed by atoms with van der Waals surface area (Å²) in [6.07, 6.45) is -0.661. The molecule has 0 atom stereocenters. The van der Waals surface area contributed by atoms with Crippen molar-refractivity contribution in [2.75, 3.05) is 47.3 Å². The zero-order valence-electron chi connectivity index (χ0n) is 14.2. The van der Waals surface area contributed by atoms with Crippen LogP contribution in [0.25, 0.3) is 0 Å². The average Bonchev–Trinajstić information content (AvgIpc) is 2.59. The van der Waals surface area contributed by atoms with Crippen LogP contribution in [0.4, 0.5) is 10.5 Å². The van der Waals surface area contributed by atoms with Gasteiger partial charge in [-0.25, -0.2) is 9.59 Å². The van der Waals surface area contributed by atoms with Crippen LogP contribution in [0.15, 0.2) is 12.1 Å². The van der Waals surface area contributed by atoms with Gasteiger partial charge in [0, 0.05) is 19.2 Å². The number of anilines is 1. The fourth-order valence-electron chi connectivity index (χ4n) is 1.89. The summed E-state index contributed by atoms with van der Waals surface area (Å²) in [5.74, 6) is -0.558.